The maximum Gasteiger partial charge on any atom is 0.328 e. The van der Waals surface area contributed by atoms with Crippen LogP contribution in [0.2, 0.25) is 0 Å². The van der Waals surface area contributed by atoms with Gasteiger partial charge in [0.1, 0.15) is 5.69 Å². The first kappa shape index (κ1) is 20.1. The SMILES string of the molecule is CC(=O)c1cccc(-c2ccc3c(c2)N(C(=O)Nc2nc4ccccc4s2)CCN3C)n1. The zero-order valence-corrected chi connectivity index (χ0v) is 18.5. The average molecular weight is 444 g/mol. The van der Waals surface area contributed by atoms with Gasteiger partial charge in [0.05, 0.1) is 27.3 Å². The van der Waals surface area contributed by atoms with Gasteiger partial charge in [0.25, 0.3) is 0 Å². The summed E-state index contributed by atoms with van der Waals surface area (Å²) in [6.45, 7) is 2.77. The summed E-state index contributed by atoms with van der Waals surface area (Å²) in [6, 6.07) is 18.9. The lowest BCUT2D eigenvalue weighted by Gasteiger charge is -2.35. The van der Waals surface area contributed by atoms with Crippen molar-refractivity contribution in [3.05, 3.63) is 66.4 Å². The van der Waals surface area contributed by atoms with Crippen LogP contribution in [0.5, 0.6) is 0 Å². The summed E-state index contributed by atoms with van der Waals surface area (Å²) in [4.78, 5) is 37.8. The number of carbonyl (C=O) groups excluding carboxylic acids is 2. The summed E-state index contributed by atoms with van der Waals surface area (Å²) < 4.78 is 1.03. The van der Waals surface area contributed by atoms with Crippen LogP contribution in [-0.4, -0.2) is 41.9 Å². The van der Waals surface area contributed by atoms with Crippen molar-refractivity contribution in [2.24, 2.45) is 0 Å². The zero-order valence-electron chi connectivity index (χ0n) is 17.7. The second-order valence-corrected chi connectivity index (χ2v) is 8.69. The van der Waals surface area contributed by atoms with Crippen molar-refractivity contribution in [3.63, 3.8) is 0 Å². The predicted octanol–water partition coefficient (Wildman–Crippen LogP) is 5.05. The molecule has 8 heteroatoms. The van der Waals surface area contributed by atoms with Gasteiger partial charge < -0.3 is 4.90 Å². The fourth-order valence-electron chi connectivity index (χ4n) is 3.80. The van der Waals surface area contributed by atoms with E-state index in [4.69, 9.17) is 0 Å². The monoisotopic (exact) mass is 443 g/mol. The lowest BCUT2D eigenvalue weighted by molar-refractivity contribution is 0.101. The molecule has 0 spiro atoms. The Morgan fingerprint density at radius 3 is 2.62 bits per heavy atom. The number of nitrogens with one attached hydrogen (secondary N) is 1. The Morgan fingerprint density at radius 2 is 1.81 bits per heavy atom. The van der Waals surface area contributed by atoms with Crippen LogP contribution in [0.25, 0.3) is 21.5 Å². The van der Waals surface area contributed by atoms with Crippen LogP contribution in [0.15, 0.2) is 60.7 Å². The summed E-state index contributed by atoms with van der Waals surface area (Å²) in [7, 11) is 2.01. The Morgan fingerprint density at radius 1 is 0.969 bits per heavy atom. The van der Waals surface area contributed by atoms with Gasteiger partial charge in [-0.05, 0) is 36.4 Å². The molecule has 0 radical (unpaired) electrons. The van der Waals surface area contributed by atoms with Gasteiger partial charge >= 0.3 is 6.03 Å². The number of nitrogens with zero attached hydrogens (tertiary/aromatic N) is 4. The number of hydrogen-bond acceptors (Lipinski definition) is 6. The molecule has 0 unspecified atom stereocenters. The topological polar surface area (TPSA) is 78.4 Å². The van der Waals surface area contributed by atoms with Crippen molar-refractivity contribution in [2.75, 3.05) is 35.3 Å². The number of hydrogen-bond donors (Lipinski definition) is 1. The third kappa shape index (κ3) is 3.69. The number of ketones is 1. The van der Waals surface area contributed by atoms with E-state index < -0.39 is 0 Å². The van der Waals surface area contributed by atoms with Crippen molar-refractivity contribution in [1.82, 2.24) is 9.97 Å². The number of amides is 2. The molecule has 0 saturated heterocycles. The van der Waals surface area contributed by atoms with Crippen LogP contribution in [0, 0.1) is 0 Å². The van der Waals surface area contributed by atoms with E-state index in [-0.39, 0.29) is 11.8 Å². The van der Waals surface area contributed by atoms with Crippen LogP contribution in [-0.2, 0) is 0 Å². The van der Waals surface area contributed by atoms with Gasteiger partial charge in [0, 0.05) is 32.6 Å². The number of urea groups is 1. The van der Waals surface area contributed by atoms with E-state index in [9.17, 15) is 9.59 Å². The van der Waals surface area contributed by atoms with E-state index in [0.717, 1.165) is 33.7 Å². The molecule has 0 bridgehead atoms. The maximum absolute atomic E-state index is 13.2. The third-order valence-corrected chi connectivity index (χ3v) is 6.45. The Balaban J connectivity index is 1.48. The van der Waals surface area contributed by atoms with Crippen LogP contribution in [0.1, 0.15) is 17.4 Å². The third-order valence-electron chi connectivity index (χ3n) is 5.49. The van der Waals surface area contributed by atoms with Gasteiger partial charge in [-0.15, -0.1) is 0 Å². The fourth-order valence-corrected chi connectivity index (χ4v) is 4.66. The Labute approximate surface area is 189 Å². The molecular formula is C24H21N5O2S. The van der Waals surface area contributed by atoms with Crippen LogP contribution in [0.4, 0.5) is 21.3 Å². The Hall–Kier alpha value is -3.78. The highest BCUT2D eigenvalue weighted by Gasteiger charge is 2.26. The van der Waals surface area contributed by atoms with Gasteiger partial charge in [0.2, 0.25) is 0 Å². The summed E-state index contributed by atoms with van der Waals surface area (Å²) in [5, 5.41) is 3.53. The number of thiazole rings is 1. The van der Waals surface area contributed by atoms with E-state index in [0.29, 0.717) is 23.1 Å². The van der Waals surface area contributed by atoms with E-state index >= 15 is 0 Å². The predicted molar refractivity (Wildman–Crippen MR) is 129 cm³/mol. The molecule has 1 aliphatic heterocycles. The number of pyridine rings is 1. The average Bonchev–Trinajstić information content (AvgIpc) is 3.21. The molecule has 0 saturated carbocycles. The van der Waals surface area contributed by atoms with Crippen molar-refractivity contribution >= 4 is 49.9 Å². The molecule has 1 aliphatic rings. The lowest BCUT2D eigenvalue weighted by atomic mass is 10.1. The highest BCUT2D eigenvalue weighted by atomic mass is 32.1. The first-order valence-corrected chi connectivity index (χ1v) is 11.1. The molecule has 1 N–H and O–H groups in total. The first-order chi connectivity index (χ1) is 15.5. The number of carbonyl (C=O) groups is 2. The van der Waals surface area contributed by atoms with Gasteiger partial charge in [0.15, 0.2) is 10.9 Å². The fraction of sp³-hybridized carbons (Fsp3) is 0.167. The molecule has 0 aliphatic carbocycles. The highest BCUT2D eigenvalue weighted by molar-refractivity contribution is 7.22. The number of para-hydroxylation sites is 1. The zero-order chi connectivity index (χ0) is 22.2. The van der Waals surface area contributed by atoms with Crippen molar-refractivity contribution in [3.8, 4) is 11.3 Å². The second-order valence-electron chi connectivity index (χ2n) is 7.66. The normalized spacial score (nSPS) is 13.2. The number of aromatic nitrogens is 2. The summed E-state index contributed by atoms with van der Waals surface area (Å²) >= 11 is 1.45. The summed E-state index contributed by atoms with van der Waals surface area (Å²) in [5.74, 6) is -0.0821. The smallest absolute Gasteiger partial charge is 0.328 e. The molecule has 2 aromatic heterocycles. The maximum atomic E-state index is 13.2. The number of anilines is 3. The highest BCUT2D eigenvalue weighted by Crippen LogP contribution is 2.36. The van der Waals surface area contributed by atoms with Gasteiger partial charge in [-0.3, -0.25) is 15.0 Å². The van der Waals surface area contributed by atoms with Crippen LogP contribution >= 0.6 is 11.3 Å². The molecule has 7 nitrogen and oxygen atoms in total. The molecule has 2 amide bonds. The van der Waals surface area contributed by atoms with Gasteiger partial charge in [-0.1, -0.05) is 35.6 Å². The molecule has 32 heavy (non-hydrogen) atoms. The minimum Gasteiger partial charge on any atom is -0.371 e. The number of fused-ring (bicyclic) bond motifs is 2. The van der Waals surface area contributed by atoms with Crippen molar-refractivity contribution in [2.45, 2.75) is 6.92 Å². The molecule has 3 heterocycles. The summed E-state index contributed by atoms with van der Waals surface area (Å²) in [6.07, 6.45) is 0. The van der Waals surface area contributed by atoms with Crippen molar-refractivity contribution < 1.29 is 9.59 Å². The van der Waals surface area contributed by atoms with E-state index in [2.05, 4.69) is 20.2 Å². The Bertz CT molecular complexity index is 1320. The molecule has 0 fully saturated rings. The largest absolute Gasteiger partial charge is 0.371 e. The first-order valence-electron chi connectivity index (χ1n) is 10.3. The quantitative estimate of drug-likeness (QED) is 0.448. The molecular weight excluding hydrogens is 422 g/mol. The standard InChI is InChI=1S/C24H21N5O2S/c1-15(30)17-7-5-8-18(25-17)16-10-11-20-21(14-16)29(13-12-28(20)2)24(31)27-23-26-19-6-3-4-9-22(19)32-23/h3-11,14H,12-13H2,1-2H3,(H,26,27,31). The van der Waals surface area contributed by atoms with Crippen LogP contribution in [0.3, 0.4) is 0 Å². The van der Waals surface area contributed by atoms with E-state index in [1.165, 1.54) is 18.3 Å². The van der Waals surface area contributed by atoms with E-state index in [1.807, 2.05) is 61.6 Å². The molecule has 2 aromatic carbocycles. The van der Waals surface area contributed by atoms with Crippen molar-refractivity contribution in [1.29, 1.82) is 0 Å². The minimum atomic E-state index is -0.221. The Kier molecular flexibility index (Phi) is 5.07. The molecule has 4 aromatic rings. The van der Waals surface area contributed by atoms with E-state index in [1.54, 1.807) is 11.0 Å². The lowest BCUT2D eigenvalue weighted by Crippen LogP contribution is -2.44. The second kappa shape index (κ2) is 8.05. The number of Topliss-reactive ketones (excluding diaryl/α,β-unsaturated/α-hetero) is 1. The van der Waals surface area contributed by atoms with Gasteiger partial charge in [-0.25, -0.2) is 14.8 Å². The number of likely N-dealkylation sites (N-methyl/N-ethyl adjacent to an activating group) is 1. The minimum absolute atomic E-state index is 0.0821. The summed E-state index contributed by atoms with van der Waals surface area (Å²) in [5.41, 5.74) is 4.58. The molecule has 0 atom stereocenters. The van der Waals surface area contributed by atoms with Crippen LogP contribution < -0.4 is 15.1 Å². The number of rotatable bonds is 3. The molecule has 5 rings (SSSR count). The molecule has 160 valence electrons. The number of benzene rings is 2. The van der Waals surface area contributed by atoms with Gasteiger partial charge in [-0.2, -0.15) is 0 Å².